The van der Waals surface area contributed by atoms with E-state index >= 15 is 0 Å². The summed E-state index contributed by atoms with van der Waals surface area (Å²) in [5.74, 6) is 5.19. The fourth-order valence-corrected chi connectivity index (χ4v) is 0.770. The number of alkyl halides is 3. The van der Waals surface area contributed by atoms with Crippen molar-refractivity contribution >= 4 is 53.8 Å². The Kier molecular flexibility index (Phi) is 162. The minimum absolute atomic E-state index is 0.245. The normalized spacial score (nSPS) is 5.75. The molecular weight excluding hydrogens is 600 g/mol. The third kappa shape index (κ3) is 133. The molecular formula is C26H51Br3O3. The van der Waals surface area contributed by atoms with E-state index < -0.39 is 0 Å². The van der Waals surface area contributed by atoms with E-state index in [1.165, 1.54) is 20.5 Å². The molecule has 2 aromatic rings. The van der Waals surface area contributed by atoms with Gasteiger partial charge in [0.15, 0.2) is 0 Å². The van der Waals surface area contributed by atoms with Crippen molar-refractivity contribution in [3.8, 4) is 0 Å². The number of ether oxygens (including phenoxy) is 1. The average Bonchev–Trinajstić information content (AvgIpc) is 2.94. The molecule has 6 heteroatoms. The van der Waals surface area contributed by atoms with Crippen LogP contribution in [0.15, 0.2) is 72.8 Å². The molecule has 0 saturated heterocycles. The molecule has 0 saturated carbocycles. The summed E-state index contributed by atoms with van der Waals surface area (Å²) < 4.78 is 4.11. The van der Waals surface area contributed by atoms with E-state index in [1.54, 1.807) is 0 Å². The first kappa shape index (κ1) is 52.9. The largest absolute Gasteiger partial charge is 0.469 e. The third-order valence-corrected chi connectivity index (χ3v) is 1.62. The van der Waals surface area contributed by atoms with Crippen LogP contribution in [0.25, 0.3) is 0 Å². The summed E-state index contributed by atoms with van der Waals surface area (Å²) in [5.41, 5.74) is 0. The summed E-state index contributed by atoms with van der Waals surface area (Å²) in [6, 6.07) is 24.0. The fraction of sp³-hybridized carbons (Fsp3) is 0.500. The monoisotopic (exact) mass is 648 g/mol. The summed E-state index contributed by atoms with van der Waals surface area (Å²) >= 11 is 8.81. The van der Waals surface area contributed by atoms with E-state index in [2.05, 4.69) is 66.4 Å². The van der Waals surface area contributed by atoms with Crippen molar-refractivity contribution in [2.75, 3.05) is 31.7 Å². The van der Waals surface area contributed by atoms with Crippen LogP contribution in [-0.4, -0.2) is 42.8 Å². The van der Waals surface area contributed by atoms with Gasteiger partial charge in [0.1, 0.15) is 0 Å². The maximum Gasteiger partial charge on any atom is 0.302 e. The predicted molar refractivity (Wildman–Crippen MR) is 162 cm³/mol. The number of methoxy groups -OCH3 is 1. The smallest absolute Gasteiger partial charge is 0.302 e. The molecule has 0 spiro atoms. The van der Waals surface area contributed by atoms with Gasteiger partial charge in [-0.3, -0.25) is 4.79 Å². The Labute approximate surface area is 226 Å². The van der Waals surface area contributed by atoms with E-state index in [4.69, 9.17) is 5.11 Å². The first-order valence-corrected chi connectivity index (χ1v) is 15.1. The van der Waals surface area contributed by atoms with Gasteiger partial charge >= 0.3 is 5.97 Å². The summed E-state index contributed by atoms with van der Waals surface area (Å²) in [7, 11) is 2.35. The highest BCUT2D eigenvalue weighted by molar-refractivity contribution is 9.09. The van der Waals surface area contributed by atoms with Crippen LogP contribution in [-0.2, 0) is 9.53 Å². The average molecular weight is 651 g/mol. The van der Waals surface area contributed by atoms with E-state index in [0.29, 0.717) is 0 Å². The first-order valence-electron chi connectivity index (χ1n) is 10.3. The van der Waals surface area contributed by atoms with Gasteiger partial charge in [-0.25, -0.2) is 0 Å². The highest BCUT2D eigenvalue weighted by Gasteiger charge is 1.75. The van der Waals surface area contributed by atoms with Crippen LogP contribution in [0.2, 0.25) is 0 Å². The molecule has 0 unspecified atom stereocenters. The maximum absolute atomic E-state index is 9.59. The quantitative estimate of drug-likeness (QED) is 0.228. The highest BCUT2D eigenvalue weighted by Crippen LogP contribution is 1.80. The van der Waals surface area contributed by atoms with E-state index in [-0.39, 0.29) is 5.97 Å². The lowest BCUT2D eigenvalue weighted by molar-refractivity contribution is -0.137. The molecule has 0 radical (unpaired) electrons. The van der Waals surface area contributed by atoms with Crippen molar-refractivity contribution in [2.45, 2.75) is 54.9 Å². The summed E-state index contributed by atoms with van der Waals surface area (Å²) in [5, 5.41) is 7.00. The minimum atomic E-state index is -0.245. The van der Waals surface area contributed by atoms with Gasteiger partial charge in [0.25, 0.3) is 0 Å². The number of aliphatic hydroxyl groups is 1. The van der Waals surface area contributed by atoms with E-state index in [0.717, 1.165) is 7.11 Å². The minimum Gasteiger partial charge on any atom is -0.469 e. The summed E-state index contributed by atoms with van der Waals surface area (Å²) in [6.07, 6.45) is 1.25. The lowest BCUT2D eigenvalue weighted by Gasteiger charge is -1.80. The van der Waals surface area contributed by atoms with Gasteiger partial charge in [0, 0.05) is 14.0 Å². The van der Waals surface area contributed by atoms with E-state index in [1.807, 2.05) is 118 Å². The fourth-order valence-electron chi connectivity index (χ4n) is 0.770. The zero-order chi connectivity index (χ0) is 27.5. The Morgan fingerprint density at radius 1 is 0.594 bits per heavy atom. The number of rotatable bonds is 0. The number of halogens is 3. The van der Waals surface area contributed by atoms with Crippen molar-refractivity contribution in [2.24, 2.45) is 0 Å². The van der Waals surface area contributed by atoms with Crippen LogP contribution in [0.1, 0.15) is 54.9 Å². The second-order valence-corrected chi connectivity index (χ2v) is 3.71. The lowest BCUT2D eigenvalue weighted by atomic mass is 10.4. The van der Waals surface area contributed by atoms with E-state index in [9.17, 15) is 4.79 Å². The Bertz CT molecular complexity index is 305. The third-order valence-electron chi connectivity index (χ3n) is 1.62. The Morgan fingerprint density at radius 3 is 0.688 bits per heavy atom. The molecule has 1 N–H and O–H groups in total. The second kappa shape index (κ2) is 97.9. The van der Waals surface area contributed by atoms with Gasteiger partial charge in [-0.05, 0) is 17.5 Å². The molecule has 0 aliphatic heterocycles. The molecule has 0 fully saturated rings. The molecule has 3 nitrogen and oxygen atoms in total. The Morgan fingerprint density at radius 2 is 0.656 bits per heavy atom. The Hall–Kier alpha value is -0.690. The van der Waals surface area contributed by atoms with Crippen LogP contribution >= 0.6 is 47.8 Å². The number of carbonyl (C=O) groups excluding carboxylic acids is 1. The maximum atomic E-state index is 9.59. The molecule has 0 aliphatic carbocycles. The van der Waals surface area contributed by atoms with Gasteiger partial charge in [-0.15, -0.1) is 0 Å². The molecule has 194 valence electrons. The van der Waals surface area contributed by atoms with Crippen molar-refractivity contribution in [3.05, 3.63) is 72.8 Å². The molecule has 2 rings (SSSR count). The van der Waals surface area contributed by atoms with Crippen molar-refractivity contribution < 1.29 is 14.6 Å². The molecule has 0 aliphatic rings. The molecule has 0 amide bonds. The van der Waals surface area contributed by atoms with Gasteiger partial charge in [0.2, 0.25) is 0 Å². The predicted octanol–water partition coefficient (Wildman–Crippen LogP) is 9.66. The Balaban J connectivity index is -0.0000000351. The van der Waals surface area contributed by atoms with Crippen LogP contribution in [0.3, 0.4) is 0 Å². The van der Waals surface area contributed by atoms with Crippen LogP contribution in [0.4, 0.5) is 0 Å². The SMILES string of the molecule is CBr.CBr.CBr.CC.CC.CCC.CO.COC(C)=O.c1ccccc1.c1ccccc1. The molecule has 0 heterocycles. The van der Waals surface area contributed by atoms with Gasteiger partial charge in [-0.1, -0.05) is 169 Å². The molecule has 32 heavy (non-hydrogen) atoms. The summed E-state index contributed by atoms with van der Waals surface area (Å²) in [6.45, 7) is 13.6. The molecule has 0 aromatic heterocycles. The molecule has 0 bridgehead atoms. The van der Waals surface area contributed by atoms with Crippen molar-refractivity contribution in [3.63, 3.8) is 0 Å². The molecule has 0 atom stereocenters. The topological polar surface area (TPSA) is 46.5 Å². The zero-order valence-electron chi connectivity index (χ0n) is 22.5. The number of benzene rings is 2. The van der Waals surface area contributed by atoms with Gasteiger partial charge in [0.05, 0.1) is 7.11 Å². The van der Waals surface area contributed by atoms with Crippen LogP contribution in [0.5, 0.6) is 0 Å². The van der Waals surface area contributed by atoms with Crippen molar-refractivity contribution in [1.29, 1.82) is 0 Å². The van der Waals surface area contributed by atoms with Gasteiger partial charge < -0.3 is 9.84 Å². The molecule has 2 aromatic carbocycles. The highest BCUT2D eigenvalue weighted by atomic mass is 79.9. The standard InChI is InChI=1S/2C6H6.C3H6O2.C3H8.2C2H6.3CH3Br.CH4O/c2*1-2-4-6-5-3-1;1-3(4)5-2;1-3-2;6*1-2/h2*1-6H;1-2H3;3H2,1-2H3;2*1-2H3;3*1H3;2H,1H3. The van der Waals surface area contributed by atoms with Crippen LogP contribution in [0, 0.1) is 0 Å². The van der Waals surface area contributed by atoms with Crippen LogP contribution < -0.4 is 0 Å². The number of hydrogen-bond donors (Lipinski definition) is 1. The summed E-state index contributed by atoms with van der Waals surface area (Å²) in [4.78, 5) is 9.59. The first-order chi connectivity index (χ1) is 15.7. The number of carbonyl (C=O) groups is 1. The number of hydrogen-bond acceptors (Lipinski definition) is 3. The number of aliphatic hydroxyl groups excluding tert-OH is 1. The van der Waals surface area contributed by atoms with Gasteiger partial charge in [-0.2, -0.15) is 0 Å². The lowest BCUT2D eigenvalue weighted by Crippen LogP contribution is -1.88. The number of esters is 1. The second-order valence-electron chi connectivity index (χ2n) is 3.71. The zero-order valence-corrected chi connectivity index (χ0v) is 27.3. The van der Waals surface area contributed by atoms with Crippen molar-refractivity contribution in [1.82, 2.24) is 0 Å².